The average Bonchev–Trinajstić information content (AvgIpc) is 3.53. The molecule has 152 valence electrons. The number of benzene rings is 2. The first-order chi connectivity index (χ1) is 15.2. The van der Waals surface area contributed by atoms with E-state index >= 15 is 0 Å². The zero-order valence-corrected chi connectivity index (χ0v) is 18.0. The molecular weight excluding hydrogens is 426 g/mol. The van der Waals surface area contributed by atoms with Crippen molar-refractivity contribution in [2.24, 2.45) is 0 Å². The number of thioether (sulfide) groups is 1. The number of amides is 1. The Balaban J connectivity index is 1.53. The Kier molecular flexibility index (Phi) is 5.28. The number of hydrogen-bond acceptors (Lipinski definition) is 5. The van der Waals surface area contributed by atoms with E-state index in [0.29, 0.717) is 21.5 Å². The van der Waals surface area contributed by atoms with Crippen molar-refractivity contribution in [3.8, 4) is 16.9 Å². The number of nitrogens with zero attached hydrogens (tertiary/aromatic N) is 3. The quantitative estimate of drug-likeness (QED) is 0.300. The predicted octanol–water partition coefficient (Wildman–Crippen LogP) is 5.53. The van der Waals surface area contributed by atoms with Gasteiger partial charge in [-0.25, -0.2) is 4.68 Å². The minimum absolute atomic E-state index is 0.127. The third kappa shape index (κ3) is 3.97. The molecule has 0 N–H and O–H groups in total. The normalized spacial score (nSPS) is 15.2. The van der Waals surface area contributed by atoms with Gasteiger partial charge in [0.05, 0.1) is 29.1 Å². The van der Waals surface area contributed by atoms with Crippen molar-refractivity contribution in [1.29, 1.82) is 0 Å². The standard InChI is InChI=1S/C24H17N3O2S2/c28-23-21(31-24(30)26(23)16-20-12-7-13-29-20)14-18-15-27(19-10-5-2-6-11-19)25-22(18)17-8-3-1-4-9-17/h1-15H,16H2. The smallest absolute Gasteiger partial charge is 0.266 e. The van der Waals surface area contributed by atoms with Crippen molar-refractivity contribution in [2.45, 2.75) is 6.54 Å². The summed E-state index contributed by atoms with van der Waals surface area (Å²) in [5.41, 5.74) is 3.59. The van der Waals surface area contributed by atoms with Crippen LogP contribution >= 0.6 is 24.0 Å². The number of rotatable bonds is 5. The van der Waals surface area contributed by atoms with Crippen LogP contribution in [0.15, 0.2) is 94.6 Å². The monoisotopic (exact) mass is 443 g/mol. The van der Waals surface area contributed by atoms with Crippen LogP contribution in [0.3, 0.4) is 0 Å². The van der Waals surface area contributed by atoms with E-state index in [1.165, 1.54) is 11.8 Å². The Hall–Kier alpha value is -3.42. The summed E-state index contributed by atoms with van der Waals surface area (Å²) in [5, 5.41) is 4.81. The summed E-state index contributed by atoms with van der Waals surface area (Å²) >= 11 is 6.75. The maximum Gasteiger partial charge on any atom is 0.266 e. The van der Waals surface area contributed by atoms with Crippen LogP contribution in [0.4, 0.5) is 0 Å². The summed E-state index contributed by atoms with van der Waals surface area (Å²) in [7, 11) is 0. The molecule has 4 aromatic rings. The van der Waals surface area contributed by atoms with Crippen LogP contribution in [0.25, 0.3) is 23.0 Å². The number of thiocarbonyl (C=S) groups is 1. The van der Waals surface area contributed by atoms with Crippen LogP contribution < -0.4 is 0 Å². The van der Waals surface area contributed by atoms with Gasteiger partial charge in [0, 0.05) is 17.3 Å². The number of carbonyl (C=O) groups is 1. The van der Waals surface area contributed by atoms with E-state index in [4.69, 9.17) is 21.7 Å². The lowest BCUT2D eigenvalue weighted by Crippen LogP contribution is -2.27. The van der Waals surface area contributed by atoms with Crippen LogP contribution in [0.1, 0.15) is 11.3 Å². The Morgan fingerprint density at radius 1 is 1.00 bits per heavy atom. The van der Waals surface area contributed by atoms with Gasteiger partial charge in [-0.2, -0.15) is 5.10 Å². The van der Waals surface area contributed by atoms with Gasteiger partial charge in [-0.05, 0) is 30.3 Å². The second-order valence-electron chi connectivity index (χ2n) is 6.93. The predicted molar refractivity (Wildman–Crippen MR) is 126 cm³/mol. The van der Waals surface area contributed by atoms with Crippen LogP contribution in [-0.2, 0) is 11.3 Å². The van der Waals surface area contributed by atoms with Crippen LogP contribution in [-0.4, -0.2) is 24.9 Å². The maximum atomic E-state index is 13.1. The topological polar surface area (TPSA) is 51.3 Å². The summed E-state index contributed by atoms with van der Waals surface area (Å²) in [6.07, 6.45) is 5.40. The minimum atomic E-state index is -0.127. The largest absolute Gasteiger partial charge is 0.467 e. The molecule has 7 heteroatoms. The zero-order valence-electron chi connectivity index (χ0n) is 16.3. The van der Waals surface area contributed by atoms with Crippen LogP contribution in [0, 0.1) is 0 Å². The highest BCUT2D eigenvalue weighted by atomic mass is 32.2. The fraction of sp³-hybridized carbons (Fsp3) is 0.0417. The fourth-order valence-electron chi connectivity index (χ4n) is 3.36. The van der Waals surface area contributed by atoms with E-state index in [2.05, 4.69) is 0 Å². The van der Waals surface area contributed by atoms with Gasteiger partial charge in [0.2, 0.25) is 0 Å². The van der Waals surface area contributed by atoms with Crippen molar-refractivity contribution < 1.29 is 9.21 Å². The number of hydrogen-bond donors (Lipinski definition) is 0. The summed E-state index contributed by atoms with van der Waals surface area (Å²) in [6.45, 7) is 0.323. The summed E-state index contributed by atoms with van der Waals surface area (Å²) in [4.78, 5) is 15.2. The van der Waals surface area contributed by atoms with Gasteiger partial charge >= 0.3 is 0 Å². The molecule has 0 bridgehead atoms. The Morgan fingerprint density at radius 2 is 1.74 bits per heavy atom. The Labute approximate surface area is 189 Å². The molecule has 5 nitrogen and oxygen atoms in total. The van der Waals surface area contributed by atoms with Gasteiger partial charge in [0.1, 0.15) is 10.1 Å². The average molecular weight is 444 g/mol. The lowest BCUT2D eigenvalue weighted by Gasteiger charge is -2.11. The molecule has 0 radical (unpaired) electrons. The molecule has 5 rings (SSSR count). The maximum absolute atomic E-state index is 13.1. The van der Waals surface area contributed by atoms with Gasteiger partial charge in [0.15, 0.2) is 0 Å². The van der Waals surface area contributed by atoms with E-state index < -0.39 is 0 Å². The van der Waals surface area contributed by atoms with Crippen LogP contribution in [0.5, 0.6) is 0 Å². The molecule has 31 heavy (non-hydrogen) atoms. The summed E-state index contributed by atoms with van der Waals surface area (Å²) in [5.74, 6) is 0.567. The lowest BCUT2D eigenvalue weighted by molar-refractivity contribution is -0.122. The number of aromatic nitrogens is 2. The lowest BCUT2D eigenvalue weighted by atomic mass is 10.1. The third-order valence-electron chi connectivity index (χ3n) is 4.86. The molecule has 0 spiro atoms. The summed E-state index contributed by atoms with van der Waals surface area (Å²) < 4.78 is 7.73. The van der Waals surface area contributed by atoms with E-state index in [1.807, 2.05) is 83.7 Å². The number of carbonyl (C=O) groups excluding carboxylic acids is 1. The van der Waals surface area contributed by atoms with E-state index in [9.17, 15) is 4.79 Å². The van der Waals surface area contributed by atoms with E-state index in [-0.39, 0.29) is 5.91 Å². The molecule has 1 saturated heterocycles. The highest BCUT2D eigenvalue weighted by molar-refractivity contribution is 8.26. The highest BCUT2D eigenvalue weighted by Crippen LogP contribution is 2.35. The van der Waals surface area contributed by atoms with E-state index in [1.54, 1.807) is 17.2 Å². The molecule has 1 fully saturated rings. The molecule has 0 atom stereocenters. The van der Waals surface area contributed by atoms with Gasteiger partial charge < -0.3 is 4.42 Å². The Morgan fingerprint density at radius 3 is 2.45 bits per heavy atom. The first kappa shape index (κ1) is 19.5. The van der Waals surface area contributed by atoms with Gasteiger partial charge in [-0.1, -0.05) is 72.5 Å². The SMILES string of the molecule is O=C1C(=Cc2cn(-c3ccccc3)nc2-c2ccccc2)SC(=S)N1Cc1ccco1. The van der Waals surface area contributed by atoms with Crippen LogP contribution in [0.2, 0.25) is 0 Å². The van der Waals surface area contributed by atoms with Crippen molar-refractivity contribution in [3.63, 3.8) is 0 Å². The number of furan rings is 1. The zero-order chi connectivity index (χ0) is 21.2. The minimum Gasteiger partial charge on any atom is -0.467 e. The van der Waals surface area contributed by atoms with Gasteiger partial charge in [-0.15, -0.1) is 0 Å². The second-order valence-corrected chi connectivity index (χ2v) is 8.60. The molecule has 1 aliphatic heterocycles. The molecule has 0 unspecified atom stereocenters. The molecule has 0 aliphatic carbocycles. The fourth-order valence-corrected chi connectivity index (χ4v) is 4.61. The number of para-hydroxylation sites is 1. The first-order valence-corrected chi connectivity index (χ1v) is 10.9. The molecular formula is C24H17N3O2S2. The molecule has 1 amide bonds. The van der Waals surface area contributed by atoms with Crippen molar-refractivity contribution in [2.75, 3.05) is 0 Å². The molecule has 1 aliphatic rings. The third-order valence-corrected chi connectivity index (χ3v) is 6.24. The van der Waals surface area contributed by atoms with Crippen molar-refractivity contribution in [1.82, 2.24) is 14.7 Å². The van der Waals surface area contributed by atoms with Gasteiger partial charge in [-0.3, -0.25) is 9.69 Å². The van der Waals surface area contributed by atoms with Crippen molar-refractivity contribution in [3.05, 3.63) is 101 Å². The molecule has 2 aromatic heterocycles. The second kappa shape index (κ2) is 8.37. The van der Waals surface area contributed by atoms with E-state index in [0.717, 1.165) is 22.5 Å². The highest BCUT2D eigenvalue weighted by Gasteiger charge is 2.33. The molecule has 3 heterocycles. The van der Waals surface area contributed by atoms with Gasteiger partial charge in [0.25, 0.3) is 5.91 Å². The first-order valence-electron chi connectivity index (χ1n) is 9.67. The summed E-state index contributed by atoms with van der Waals surface area (Å²) in [6, 6.07) is 23.5. The van der Waals surface area contributed by atoms with Crippen molar-refractivity contribution >= 4 is 40.3 Å². The molecule has 0 saturated carbocycles. The molecule has 2 aromatic carbocycles. The Bertz CT molecular complexity index is 1260.